The van der Waals surface area contributed by atoms with Gasteiger partial charge in [0.05, 0.1) is 18.4 Å². The Kier molecular flexibility index (Phi) is 8.91. The number of benzene rings is 2. The van der Waals surface area contributed by atoms with E-state index in [0.717, 1.165) is 5.56 Å². The van der Waals surface area contributed by atoms with Crippen LogP contribution >= 0.6 is 0 Å². The lowest BCUT2D eigenvalue weighted by molar-refractivity contribution is -0.152. The molecule has 0 aromatic heterocycles. The summed E-state index contributed by atoms with van der Waals surface area (Å²) in [5.74, 6) is -2.25. The minimum Gasteiger partial charge on any atom is -0.497 e. The fraction of sp³-hybridized carbons (Fsp3) is 0.318. The number of sulfonamides is 1. The second-order valence-electron chi connectivity index (χ2n) is 7.26. The van der Waals surface area contributed by atoms with E-state index in [0.29, 0.717) is 5.75 Å². The molecular weight excluding hydrogens is 436 g/mol. The zero-order chi connectivity index (χ0) is 23.7. The van der Waals surface area contributed by atoms with Crippen molar-refractivity contribution in [2.24, 2.45) is 5.92 Å². The van der Waals surface area contributed by atoms with E-state index in [1.807, 2.05) is 0 Å². The topological polar surface area (TPSA) is 128 Å². The normalized spacial score (nSPS) is 12.1. The number of hydrogen-bond donors (Lipinski definition) is 2. The first-order valence-electron chi connectivity index (χ1n) is 9.82. The molecule has 2 rings (SSSR count). The lowest BCUT2D eigenvalue weighted by Crippen LogP contribution is -2.46. The minimum atomic E-state index is -4.03. The highest BCUT2D eigenvalue weighted by Gasteiger charge is 2.30. The van der Waals surface area contributed by atoms with Gasteiger partial charge in [0.25, 0.3) is 5.91 Å². The Hall–Kier alpha value is -3.24. The van der Waals surface area contributed by atoms with Crippen LogP contribution in [0.1, 0.15) is 19.4 Å². The third-order valence-electron chi connectivity index (χ3n) is 4.40. The molecule has 0 heterocycles. The van der Waals surface area contributed by atoms with Crippen molar-refractivity contribution in [1.29, 1.82) is 0 Å². The van der Waals surface area contributed by atoms with Gasteiger partial charge in [-0.25, -0.2) is 8.42 Å². The average Bonchev–Trinajstić information content (AvgIpc) is 2.76. The number of carbonyl (C=O) groups is 3. The Morgan fingerprint density at radius 1 is 0.938 bits per heavy atom. The van der Waals surface area contributed by atoms with Crippen LogP contribution in [0.4, 0.5) is 0 Å². The largest absolute Gasteiger partial charge is 0.497 e. The summed E-state index contributed by atoms with van der Waals surface area (Å²) in [6.45, 7) is 2.55. The minimum absolute atomic E-state index is 0.00317. The Morgan fingerprint density at radius 2 is 1.56 bits per heavy atom. The van der Waals surface area contributed by atoms with Crippen molar-refractivity contribution in [3.05, 3.63) is 60.2 Å². The third-order valence-corrected chi connectivity index (χ3v) is 5.86. The number of nitrogens with one attached hydrogen (secondary N) is 2. The van der Waals surface area contributed by atoms with Crippen LogP contribution < -0.4 is 14.8 Å². The monoisotopic (exact) mass is 462 g/mol. The number of esters is 1. The maximum atomic E-state index is 12.6. The van der Waals surface area contributed by atoms with Crippen LogP contribution in [0.3, 0.4) is 0 Å². The van der Waals surface area contributed by atoms with Gasteiger partial charge < -0.3 is 9.47 Å². The van der Waals surface area contributed by atoms with E-state index in [4.69, 9.17) is 9.47 Å². The lowest BCUT2D eigenvalue weighted by atomic mass is 10.1. The van der Waals surface area contributed by atoms with Gasteiger partial charge in [0.2, 0.25) is 15.9 Å². The molecule has 2 N–H and O–H groups in total. The summed E-state index contributed by atoms with van der Waals surface area (Å²) in [4.78, 5) is 36.3. The van der Waals surface area contributed by atoms with Crippen LogP contribution in [0.25, 0.3) is 0 Å². The molecule has 172 valence electrons. The molecule has 0 aliphatic rings. The Balaban J connectivity index is 1.93. The molecule has 0 unspecified atom stereocenters. The van der Waals surface area contributed by atoms with Crippen molar-refractivity contribution >= 4 is 27.8 Å². The fourth-order valence-corrected chi connectivity index (χ4v) is 4.02. The highest BCUT2D eigenvalue weighted by molar-refractivity contribution is 7.89. The van der Waals surface area contributed by atoms with E-state index >= 15 is 0 Å². The molecule has 0 aliphatic heterocycles. The predicted molar refractivity (Wildman–Crippen MR) is 116 cm³/mol. The van der Waals surface area contributed by atoms with Crippen LogP contribution in [0.15, 0.2) is 59.5 Å². The SMILES string of the molecule is COc1ccc(S(=O)(=O)N[C@H](C(=O)OCC(=O)NC(=O)Cc2ccccc2)C(C)C)cc1. The van der Waals surface area contributed by atoms with Gasteiger partial charge in [-0.3, -0.25) is 19.7 Å². The third kappa shape index (κ3) is 7.47. The quantitative estimate of drug-likeness (QED) is 0.511. The van der Waals surface area contributed by atoms with Crippen molar-refractivity contribution in [1.82, 2.24) is 10.0 Å². The van der Waals surface area contributed by atoms with Gasteiger partial charge in [0.15, 0.2) is 6.61 Å². The van der Waals surface area contributed by atoms with Crippen LogP contribution in [0.5, 0.6) is 5.75 Å². The number of amides is 2. The van der Waals surface area contributed by atoms with Crippen LogP contribution in [-0.4, -0.2) is 46.0 Å². The lowest BCUT2D eigenvalue weighted by Gasteiger charge is -2.20. The molecule has 0 radical (unpaired) electrons. The molecule has 0 fully saturated rings. The van der Waals surface area contributed by atoms with Crippen molar-refractivity contribution in [3.8, 4) is 5.75 Å². The maximum Gasteiger partial charge on any atom is 0.324 e. The van der Waals surface area contributed by atoms with E-state index < -0.39 is 46.4 Å². The summed E-state index contributed by atoms with van der Waals surface area (Å²) >= 11 is 0. The summed E-state index contributed by atoms with van der Waals surface area (Å²) in [6.07, 6.45) is -0.00317. The van der Waals surface area contributed by atoms with E-state index in [1.54, 1.807) is 44.2 Å². The highest BCUT2D eigenvalue weighted by atomic mass is 32.2. The summed E-state index contributed by atoms with van der Waals surface area (Å²) in [6, 6.07) is 13.2. The Labute approximate surface area is 187 Å². The van der Waals surface area contributed by atoms with Crippen LogP contribution in [0.2, 0.25) is 0 Å². The van der Waals surface area contributed by atoms with Gasteiger partial charge in [-0.15, -0.1) is 0 Å². The van der Waals surface area contributed by atoms with Gasteiger partial charge in [-0.2, -0.15) is 4.72 Å². The molecule has 2 aromatic rings. The van der Waals surface area contributed by atoms with Crippen LogP contribution in [0, 0.1) is 5.92 Å². The maximum absolute atomic E-state index is 12.6. The molecule has 32 heavy (non-hydrogen) atoms. The number of carbonyl (C=O) groups excluding carboxylic acids is 3. The second kappa shape index (κ2) is 11.4. The molecule has 9 nitrogen and oxygen atoms in total. The zero-order valence-electron chi connectivity index (χ0n) is 18.0. The number of hydrogen-bond acceptors (Lipinski definition) is 7. The summed E-state index contributed by atoms with van der Waals surface area (Å²) in [5, 5.41) is 2.13. The van der Waals surface area contributed by atoms with Gasteiger partial charge in [-0.05, 0) is 35.7 Å². The molecular formula is C22H26N2O7S. The van der Waals surface area contributed by atoms with Gasteiger partial charge in [0.1, 0.15) is 11.8 Å². The number of methoxy groups -OCH3 is 1. The van der Waals surface area contributed by atoms with Gasteiger partial charge in [0, 0.05) is 0 Å². The first kappa shape index (κ1) is 25.0. The Morgan fingerprint density at radius 3 is 2.12 bits per heavy atom. The number of imide groups is 1. The second-order valence-corrected chi connectivity index (χ2v) is 8.97. The first-order chi connectivity index (χ1) is 15.1. The van der Waals surface area contributed by atoms with E-state index in [1.165, 1.54) is 31.4 Å². The first-order valence-corrected chi connectivity index (χ1v) is 11.3. The van der Waals surface area contributed by atoms with Crippen molar-refractivity contribution < 1.29 is 32.3 Å². The molecule has 0 saturated carbocycles. The van der Waals surface area contributed by atoms with Crippen molar-refractivity contribution in [2.45, 2.75) is 31.2 Å². The molecule has 1 atom stereocenters. The standard InChI is InChI=1S/C22H26N2O7S/c1-15(2)21(24-32(28,29)18-11-9-17(30-3)10-12-18)22(27)31-14-20(26)23-19(25)13-16-7-5-4-6-8-16/h4-12,15,21,24H,13-14H2,1-3H3,(H,23,25,26)/t21-/m0/s1. The molecule has 0 saturated heterocycles. The Bertz CT molecular complexity index is 1040. The molecule has 2 amide bonds. The zero-order valence-corrected chi connectivity index (χ0v) is 18.8. The number of rotatable bonds is 10. The summed E-state index contributed by atoms with van der Waals surface area (Å²) < 4.78 is 37.5. The number of ether oxygens (including phenoxy) is 2. The van der Waals surface area contributed by atoms with E-state index in [-0.39, 0.29) is 11.3 Å². The average molecular weight is 463 g/mol. The molecule has 0 bridgehead atoms. The van der Waals surface area contributed by atoms with Gasteiger partial charge in [-0.1, -0.05) is 44.2 Å². The predicted octanol–water partition coefficient (Wildman–Crippen LogP) is 1.43. The van der Waals surface area contributed by atoms with Crippen LogP contribution in [-0.2, 0) is 35.6 Å². The molecule has 0 spiro atoms. The van der Waals surface area contributed by atoms with Gasteiger partial charge >= 0.3 is 5.97 Å². The summed E-state index contributed by atoms with van der Waals surface area (Å²) in [7, 11) is -2.57. The fourth-order valence-electron chi connectivity index (χ4n) is 2.69. The molecule has 0 aliphatic carbocycles. The highest BCUT2D eigenvalue weighted by Crippen LogP contribution is 2.17. The smallest absolute Gasteiger partial charge is 0.324 e. The summed E-state index contributed by atoms with van der Waals surface area (Å²) in [5.41, 5.74) is 0.725. The van der Waals surface area contributed by atoms with Crippen molar-refractivity contribution in [3.63, 3.8) is 0 Å². The molecule has 2 aromatic carbocycles. The van der Waals surface area contributed by atoms with E-state index in [9.17, 15) is 22.8 Å². The molecule has 10 heteroatoms. The van der Waals surface area contributed by atoms with Crippen molar-refractivity contribution in [2.75, 3.05) is 13.7 Å². The van der Waals surface area contributed by atoms with E-state index in [2.05, 4.69) is 10.0 Å².